The zero-order chi connectivity index (χ0) is 15.5. The number of hydrogen-bond acceptors (Lipinski definition) is 2. The molecule has 0 amide bonds. The Morgan fingerprint density at radius 2 is 2.05 bits per heavy atom. The third kappa shape index (κ3) is 7.59. The van der Waals surface area contributed by atoms with Crippen LogP contribution in [0, 0.1) is 5.92 Å². The van der Waals surface area contributed by atoms with Crippen molar-refractivity contribution in [1.29, 1.82) is 0 Å². The Morgan fingerprint density at radius 1 is 1.24 bits per heavy atom. The molecule has 0 bridgehead atoms. The van der Waals surface area contributed by atoms with Gasteiger partial charge in [0.2, 0.25) is 0 Å². The fourth-order valence-electron chi connectivity index (χ4n) is 1.89. The van der Waals surface area contributed by atoms with Crippen LogP contribution in [0.2, 0.25) is 0 Å². The van der Waals surface area contributed by atoms with Gasteiger partial charge >= 0.3 is 0 Å². The topological polar surface area (TPSA) is 45.7 Å². The summed E-state index contributed by atoms with van der Waals surface area (Å²) in [7, 11) is 0. The normalized spacial score (nSPS) is 11.6. The molecule has 1 aromatic rings. The van der Waals surface area contributed by atoms with E-state index in [0.717, 1.165) is 36.8 Å². The summed E-state index contributed by atoms with van der Waals surface area (Å²) in [5.41, 5.74) is 1.15. The zero-order valence-electron chi connectivity index (χ0n) is 13.8. The second-order valence-electron chi connectivity index (χ2n) is 5.38. The molecule has 0 aromatic heterocycles. The smallest absolute Gasteiger partial charge is 0.191 e. The summed E-state index contributed by atoms with van der Waals surface area (Å²) in [6.45, 7) is 11.7. The van der Waals surface area contributed by atoms with Crippen molar-refractivity contribution in [1.82, 2.24) is 10.6 Å². The third-order valence-corrected chi connectivity index (χ3v) is 2.99. The first-order valence-corrected chi connectivity index (χ1v) is 7.89. The zero-order valence-corrected chi connectivity index (χ0v) is 13.8. The van der Waals surface area contributed by atoms with E-state index in [1.807, 2.05) is 25.1 Å². The van der Waals surface area contributed by atoms with Gasteiger partial charge in [0.15, 0.2) is 5.96 Å². The molecular weight excluding hydrogens is 262 g/mol. The number of guanidine groups is 1. The lowest BCUT2D eigenvalue weighted by Gasteiger charge is -2.12. The molecule has 0 aliphatic rings. The van der Waals surface area contributed by atoms with E-state index in [4.69, 9.17) is 4.74 Å². The minimum absolute atomic E-state index is 0.651. The van der Waals surface area contributed by atoms with Gasteiger partial charge in [0, 0.05) is 13.1 Å². The molecule has 21 heavy (non-hydrogen) atoms. The van der Waals surface area contributed by atoms with Gasteiger partial charge in [-0.2, -0.15) is 0 Å². The molecule has 4 heteroatoms. The highest BCUT2D eigenvalue weighted by Crippen LogP contribution is 2.13. The Bertz CT molecular complexity index is 430. The molecule has 2 N–H and O–H groups in total. The predicted molar refractivity (Wildman–Crippen MR) is 89.9 cm³/mol. The molecule has 0 saturated heterocycles. The van der Waals surface area contributed by atoms with Gasteiger partial charge in [-0.05, 0) is 43.9 Å². The van der Waals surface area contributed by atoms with E-state index in [9.17, 15) is 0 Å². The van der Waals surface area contributed by atoms with E-state index in [2.05, 4.69) is 42.5 Å². The maximum atomic E-state index is 5.51. The van der Waals surface area contributed by atoms with Crippen molar-refractivity contribution in [3.63, 3.8) is 0 Å². The van der Waals surface area contributed by atoms with Crippen molar-refractivity contribution >= 4 is 5.96 Å². The molecule has 4 nitrogen and oxygen atoms in total. The number of nitrogens with zero attached hydrogens (tertiary/aromatic N) is 1. The number of ether oxygens (including phenoxy) is 1. The average molecular weight is 291 g/mol. The molecule has 1 rings (SSSR count). The Balaban J connectivity index is 2.57. The van der Waals surface area contributed by atoms with Gasteiger partial charge < -0.3 is 15.4 Å². The summed E-state index contributed by atoms with van der Waals surface area (Å²) in [6, 6.07) is 8.10. The molecule has 0 aliphatic heterocycles. The fourth-order valence-corrected chi connectivity index (χ4v) is 1.89. The summed E-state index contributed by atoms with van der Waals surface area (Å²) in [6.07, 6.45) is 1.14. The lowest BCUT2D eigenvalue weighted by Crippen LogP contribution is -2.38. The van der Waals surface area contributed by atoms with Gasteiger partial charge in [-0.1, -0.05) is 26.0 Å². The van der Waals surface area contributed by atoms with Crippen LogP contribution < -0.4 is 15.4 Å². The third-order valence-electron chi connectivity index (χ3n) is 2.99. The van der Waals surface area contributed by atoms with Crippen LogP contribution >= 0.6 is 0 Å². The van der Waals surface area contributed by atoms with E-state index in [1.165, 1.54) is 0 Å². The minimum Gasteiger partial charge on any atom is -0.494 e. The number of hydrogen-bond donors (Lipinski definition) is 2. The van der Waals surface area contributed by atoms with E-state index >= 15 is 0 Å². The van der Waals surface area contributed by atoms with Gasteiger partial charge in [-0.25, -0.2) is 4.99 Å². The second kappa shape index (κ2) is 10.1. The Labute approximate surface area is 129 Å². The van der Waals surface area contributed by atoms with Crippen LogP contribution in [-0.2, 0) is 6.54 Å². The SMILES string of the molecule is CCNC(=NCc1cccc(OCC)c1)NCCC(C)C. The molecule has 0 saturated carbocycles. The highest BCUT2D eigenvalue weighted by Gasteiger charge is 2.00. The van der Waals surface area contributed by atoms with Crippen LogP contribution in [0.3, 0.4) is 0 Å². The van der Waals surface area contributed by atoms with Crippen LogP contribution in [0.1, 0.15) is 39.7 Å². The number of aliphatic imine (C=N–C) groups is 1. The monoisotopic (exact) mass is 291 g/mol. The first-order valence-electron chi connectivity index (χ1n) is 7.89. The summed E-state index contributed by atoms with van der Waals surface area (Å²) in [4.78, 5) is 4.62. The van der Waals surface area contributed by atoms with Gasteiger partial charge in [-0.3, -0.25) is 0 Å². The molecular formula is C17H29N3O. The van der Waals surface area contributed by atoms with Crippen LogP contribution in [0.5, 0.6) is 5.75 Å². The summed E-state index contributed by atoms with van der Waals surface area (Å²) < 4.78 is 5.51. The summed E-state index contributed by atoms with van der Waals surface area (Å²) in [5.74, 6) is 2.48. The van der Waals surface area contributed by atoms with Crippen molar-refractivity contribution in [2.75, 3.05) is 19.7 Å². The number of nitrogens with one attached hydrogen (secondary N) is 2. The lowest BCUT2D eigenvalue weighted by molar-refractivity contribution is 0.340. The molecule has 0 heterocycles. The Hall–Kier alpha value is -1.71. The maximum Gasteiger partial charge on any atom is 0.191 e. The number of rotatable bonds is 8. The highest BCUT2D eigenvalue weighted by molar-refractivity contribution is 5.79. The molecule has 0 spiro atoms. The molecule has 118 valence electrons. The Kier molecular flexibility index (Phi) is 8.32. The number of benzene rings is 1. The van der Waals surface area contributed by atoms with Gasteiger partial charge in [-0.15, -0.1) is 0 Å². The van der Waals surface area contributed by atoms with E-state index < -0.39 is 0 Å². The van der Waals surface area contributed by atoms with Gasteiger partial charge in [0.05, 0.1) is 13.2 Å². The lowest BCUT2D eigenvalue weighted by atomic mass is 10.1. The van der Waals surface area contributed by atoms with Crippen LogP contribution in [-0.4, -0.2) is 25.7 Å². The van der Waals surface area contributed by atoms with Crippen molar-refractivity contribution < 1.29 is 4.74 Å². The second-order valence-corrected chi connectivity index (χ2v) is 5.38. The highest BCUT2D eigenvalue weighted by atomic mass is 16.5. The van der Waals surface area contributed by atoms with Crippen LogP contribution in [0.15, 0.2) is 29.3 Å². The largest absolute Gasteiger partial charge is 0.494 e. The molecule has 0 unspecified atom stereocenters. The van der Waals surface area contributed by atoms with Crippen LogP contribution in [0.4, 0.5) is 0 Å². The molecule has 0 fully saturated rings. The predicted octanol–water partition coefficient (Wildman–Crippen LogP) is 3.19. The van der Waals surface area contributed by atoms with E-state index in [-0.39, 0.29) is 0 Å². The van der Waals surface area contributed by atoms with E-state index in [0.29, 0.717) is 19.1 Å². The van der Waals surface area contributed by atoms with Crippen molar-refractivity contribution in [3.05, 3.63) is 29.8 Å². The Morgan fingerprint density at radius 3 is 2.71 bits per heavy atom. The molecule has 0 radical (unpaired) electrons. The molecule has 0 aliphatic carbocycles. The quantitative estimate of drug-likeness (QED) is 0.571. The molecule has 1 aromatic carbocycles. The first-order chi connectivity index (χ1) is 10.2. The first kappa shape index (κ1) is 17.3. The minimum atomic E-state index is 0.651. The van der Waals surface area contributed by atoms with Gasteiger partial charge in [0.25, 0.3) is 0 Å². The van der Waals surface area contributed by atoms with Crippen molar-refractivity contribution in [3.8, 4) is 5.75 Å². The molecule has 0 atom stereocenters. The van der Waals surface area contributed by atoms with Crippen molar-refractivity contribution in [2.24, 2.45) is 10.9 Å². The summed E-state index contributed by atoms with van der Waals surface area (Å²) in [5, 5.41) is 6.64. The standard InChI is InChI=1S/C17H29N3O/c1-5-18-17(19-11-10-14(3)4)20-13-15-8-7-9-16(12-15)21-6-2/h7-9,12,14H,5-6,10-11,13H2,1-4H3,(H2,18,19,20). The van der Waals surface area contributed by atoms with Crippen molar-refractivity contribution in [2.45, 2.75) is 40.7 Å². The van der Waals surface area contributed by atoms with Crippen LogP contribution in [0.25, 0.3) is 0 Å². The average Bonchev–Trinajstić information content (AvgIpc) is 2.45. The summed E-state index contributed by atoms with van der Waals surface area (Å²) >= 11 is 0. The maximum absolute atomic E-state index is 5.51. The van der Waals surface area contributed by atoms with E-state index in [1.54, 1.807) is 0 Å². The fraction of sp³-hybridized carbons (Fsp3) is 0.588. The van der Waals surface area contributed by atoms with Gasteiger partial charge in [0.1, 0.15) is 5.75 Å².